The molecule has 1 atom stereocenters. The van der Waals surface area contributed by atoms with Crippen molar-refractivity contribution in [1.82, 2.24) is 4.98 Å². The van der Waals surface area contributed by atoms with Gasteiger partial charge in [-0.05, 0) is 68.5 Å². The molecule has 2 nitrogen and oxygen atoms in total. The molecule has 1 aromatic carbocycles. The second kappa shape index (κ2) is 5.43. The Morgan fingerprint density at radius 1 is 0.895 bits per heavy atom. The zero-order valence-corrected chi connectivity index (χ0v) is 12.4. The first-order valence-corrected chi connectivity index (χ1v) is 6.73. The largest absolute Gasteiger partial charge is 0.377 e. The van der Waals surface area contributed by atoms with Gasteiger partial charge >= 0.3 is 0 Å². The Labute approximate surface area is 115 Å². The van der Waals surface area contributed by atoms with E-state index in [1.807, 2.05) is 12.4 Å². The van der Waals surface area contributed by atoms with E-state index in [2.05, 4.69) is 63.1 Å². The molecule has 0 bridgehead atoms. The SMILES string of the molecule is Cc1cncc(NC(C)c2cc(C)c(C)cc2C)c1. The van der Waals surface area contributed by atoms with Gasteiger partial charge in [0.05, 0.1) is 5.69 Å². The lowest BCUT2D eigenvalue weighted by atomic mass is 9.96. The number of rotatable bonds is 3. The van der Waals surface area contributed by atoms with Gasteiger partial charge in [-0.3, -0.25) is 4.98 Å². The van der Waals surface area contributed by atoms with Gasteiger partial charge in [0.1, 0.15) is 0 Å². The number of hydrogen-bond donors (Lipinski definition) is 1. The Hall–Kier alpha value is -1.83. The molecule has 0 saturated heterocycles. The molecule has 19 heavy (non-hydrogen) atoms. The maximum Gasteiger partial charge on any atom is 0.0534 e. The van der Waals surface area contributed by atoms with Crippen LogP contribution in [0.15, 0.2) is 30.6 Å². The molecule has 1 heterocycles. The molecule has 100 valence electrons. The van der Waals surface area contributed by atoms with Gasteiger partial charge in [0, 0.05) is 18.4 Å². The number of aryl methyl sites for hydroxylation is 4. The van der Waals surface area contributed by atoms with Crippen molar-refractivity contribution in [2.75, 3.05) is 5.32 Å². The minimum absolute atomic E-state index is 0.280. The first-order chi connectivity index (χ1) is 8.97. The fourth-order valence-electron chi connectivity index (χ4n) is 2.41. The summed E-state index contributed by atoms with van der Waals surface area (Å²) in [7, 11) is 0. The Balaban J connectivity index is 2.25. The Bertz CT molecular complexity index is 588. The van der Waals surface area contributed by atoms with Crippen LogP contribution in [-0.2, 0) is 0 Å². The molecular weight excluding hydrogens is 232 g/mol. The van der Waals surface area contributed by atoms with Crippen LogP contribution in [0.5, 0.6) is 0 Å². The highest BCUT2D eigenvalue weighted by molar-refractivity contribution is 5.47. The smallest absolute Gasteiger partial charge is 0.0534 e. The molecule has 0 spiro atoms. The maximum absolute atomic E-state index is 4.22. The number of nitrogens with zero attached hydrogens (tertiary/aromatic N) is 1. The molecule has 2 rings (SSSR count). The van der Waals surface area contributed by atoms with Crippen LogP contribution in [0.25, 0.3) is 0 Å². The first kappa shape index (κ1) is 13.6. The third-order valence-electron chi connectivity index (χ3n) is 3.61. The van der Waals surface area contributed by atoms with E-state index in [1.165, 1.54) is 27.8 Å². The number of nitrogens with one attached hydrogen (secondary N) is 1. The number of aromatic nitrogens is 1. The van der Waals surface area contributed by atoms with Gasteiger partial charge in [-0.1, -0.05) is 12.1 Å². The lowest BCUT2D eigenvalue weighted by molar-refractivity contribution is 0.868. The van der Waals surface area contributed by atoms with E-state index in [-0.39, 0.29) is 6.04 Å². The molecule has 1 aromatic heterocycles. The normalized spacial score (nSPS) is 12.3. The summed E-state index contributed by atoms with van der Waals surface area (Å²) in [5.74, 6) is 0. The molecule has 0 saturated carbocycles. The fourth-order valence-corrected chi connectivity index (χ4v) is 2.41. The topological polar surface area (TPSA) is 24.9 Å². The van der Waals surface area contributed by atoms with E-state index < -0.39 is 0 Å². The molecule has 0 aliphatic rings. The van der Waals surface area contributed by atoms with Gasteiger partial charge in [0.15, 0.2) is 0 Å². The van der Waals surface area contributed by atoms with Crippen LogP contribution in [0.1, 0.15) is 40.8 Å². The molecule has 1 N–H and O–H groups in total. The molecule has 0 fully saturated rings. The molecule has 2 heteroatoms. The molecule has 0 aliphatic carbocycles. The molecule has 0 radical (unpaired) electrons. The van der Waals surface area contributed by atoms with Crippen molar-refractivity contribution in [3.05, 3.63) is 58.4 Å². The van der Waals surface area contributed by atoms with E-state index in [9.17, 15) is 0 Å². The summed E-state index contributed by atoms with van der Waals surface area (Å²) in [6.45, 7) is 10.8. The molecular formula is C17H22N2. The Morgan fingerprint density at radius 3 is 2.26 bits per heavy atom. The van der Waals surface area contributed by atoms with Gasteiger partial charge in [-0.25, -0.2) is 0 Å². The van der Waals surface area contributed by atoms with E-state index in [4.69, 9.17) is 0 Å². The molecule has 2 aromatic rings. The van der Waals surface area contributed by atoms with Crippen LogP contribution < -0.4 is 5.32 Å². The van der Waals surface area contributed by atoms with Gasteiger partial charge in [-0.15, -0.1) is 0 Å². The average molecular weight is 254 g/mol. The first-order valence-electron chi connectivity index (χ1n) is 6.73. The summed E-state index contributed by atoms with van der Waals surface area (Å²) < 4.78 is 0. The van der Waals surface area contributed by atoms with Gasteiger partial charge in [-0.2, -0.15) is 0 Å². The van der Waals surface area contributed by atoms with Crippen LogP contribution >= 0.6 is 0 Å². The van der Waals surface area contributed by atoms with Crippen LogP contribution in [0.4, 0.5) is 5.69 Å². The van der Waals surface area contributed by atoms with E-state index >= 15 is 0 Å². The summed E-state index contributed by atoms with van der Waals surface area (Å²) in [5.41, 5.74) is 7.63. The van der Waals surface area contributed by atoms with Crippen LogP contribution in [0, 0.1) is 27.7 Å². The fraction of sp³-hybridized carbons (Fsp3) is 0.353. The Kier molecular flexibility index (Phi) is 3.89. The van der Waals surface area contributed by atoms with Gasteiger partial charge < -0.3 is 5.32 Å². The predicted octanol–water partition coefficient (Wildman–Crippen LogP) is 4.49. The number of benzene rings is 1. The summed E-state index contributed by atoms with van der Waals surface area (Å²) in [5, 5.41) is 3.52. The lowest BCUT2D eigenvalue weighted by Crippen LogP contribution is -2.09. The van der Waals surface area contributed by atoms with Crippen LogP contribution in [0.2, 0.25) is 0 Å². The average Bonchev–Trinajstić information content (AvgIpc) is 2.33. The Morgan fingerprint density at radius 2 is 1.58 bits per heavy atom. The van der Waals surface area contributed by atoms with Gasteiger partial charge in [0.25, 0.3) is 0 Å². The zero-order valence-electron chi connectivity index (χ0n) is 12.4. The zero-order chi connectivity index (χ0) is 14.0. The van der Waals surface area contributed by atoms with Crippen molar-refractivity contribution >= 4 is 5.69 Å². The number of anilines is 1. The molecule has 0 aliphatic heterocycles. The quantitative estimate of drug-likeness (QED) is 0.873. The monoisotopic (exact) mass is 254 g/mol. The molecule has 1 unspecified atom stereocenters. The highest BCUT2D eigenvalue weighted by atomic mass is 14.9. The van der Waals surface area contributed by atoms with E-state index in [0.29, 0.717) is 0 Å². The summed E-state index contributed by atoms with van der Waals surface area (Å²) in [6, 6.07) is 6.95. The van der Waals surface area contributed by atoms with E-state index in [0.717, 1.165) is 5.69 Å². The minimum Gasteiger partial charge on any atom is -0.377 e. The highest BCUT2D eigenvalue weighted by Crippen LogP contribution is 2.24. The summed E-state index contributed by atoms with van der Waals surface area (Å²) >= 11 is 0. The van der Waals surface area contributed by atoms with E-state index in [1.54, 1.807) is 0 Å². The third kappa shape index (κ3) is 3.14. The second-order valence-corrected chi connectivity index (χ2v) is 5.41. The lowest BCUT2D eigenvalue weighted by Gasteiger charge is -2.19. The summed E-state index contributed by atoms with van der Waals surface area (Å²) in [6.07, 6.45) is 3.75. The van der Waals surface area contributed by atoms with Crippen LogP contribution in [-0.4, -0.2) is 4.98 Å². The summed E-state index contributed by atoms with van der Waals surface area (Å²) in [4.78, 5) is 4.22. The van der Waals surface area contributed by atoms with Crippen molar-refractivity contribution in [2.45, 2.75) is 40.7 Å². The molecule has 0 amide bonds. The van der Waals surface area contributed by atoms with Crippen molar-refractivity contribution in [2.24, 2.45) is 0 Å². The van der Waals surface area contributed by atoms with Crippen molar-refractivity contribution < 1.29 is 0 Å². The number of hydrogen-bond acceptors (Lipinski definition) is 2. The van der Waals surface area contributed by atoms with Gasteiger partial charge in [0.2, 0.25) is 0 Å². The minimum atomic E-state index is 0.280. The standard InChI is InChI=1S/C17H22N2/c1-11-6-16(10-18-9-11)19-15(5)17-8-13(3)12(2)7-14(17)4/h6-10,15,19H,1-5H3. The predicted molar refractivity (Wildman–Crippen MR) is 81.7 cm³/mol. The van der Waals surface area contributed by atoms with Crippen LogP contribution in [0.3, 0.4) is 0 Å². The van der Waals surface area contributed by atoms with Crippen molar-refractivity contribution in [3.63, 3.8) is 0 Å². The highest BCUT2D eigenvalue weighted by Gasteiger charge is 2.10. The second-order valence-electron chi connectivity index (χ2n) is 5.41. The van der Waals surface area contributed by atoms with Crippen molar-refractivity contribution in [3.8, 4) is 0 Å². The maximum atomic E-state index is 4.22. The number of pyridine rings is 1. The third-order valence-corrected chi connectivity index (χ3v) is 3.61. The van der Waals surface area contributed by atoms with Crippen molar-refractivity contribution in [1.29, 1.82) is 0 Å².